The van der Waals surface area contributed by atoms with Crippen LogP contribution in [0.3, 0.4) is 0 Å². The van der Waals surface area contributed by atoms with Gasteiger partial charge < -0.3 is 10.5 Å². The highest BCUT2D eigenvalue weighted by Gasteiger charge is 2.18. The summed E-state index contributed by atoms with van der Waals surface area (Å²) in [6, 6.07) is 3.69. The Morgan fingerprint density at radius 3 is 2.50 bits per heavy atom. The molecule has 102 valence electrons. The van der Waals surface area contributed by atoms with Gasteiger partial charge in [0.1, 0.15) is 0 Å². The summed E-state index contributed by atoms with van der Waals surface area (Å²) < 4.78 is 31.5. The lowest BCUT2D eigenvalue weighted by Gasteiger charge is -2.23. The number of rotatable bonds is 7. The number of hydrogen-bond donors (Lipinski definition) is 1. The molecule has 1 aromatic rings. The minimum Gasteiger partial charge on any atom is -0.377 e. The van der Waals surface area contributed by atoms with Gasteiger partial charge in [0.25, 0.3) is 0 Å². The molecule has 1 aromatic carbocycles. The van der Waals surface area contributed by atoms with E-state index in [9.17, 15) is 8.78 Å². The van der Waals surface area contributed by atoms with Crippen LogP contribution in [0.25, 0.3) is 0 Å². The summed E-state index contributed by atoms with van der Waals surface area (Å²) in [6.45, 7) is 4.60. The topological polar surface area (TPSA) is 35.2 Å². The van der Waals surface area contributed by atoms with Gasteiger partial charge in [-0.15, -0.1) is 0 Å². The third-order valence-electron chi connectivity index (χ3n) is 2.89. The highest BCUT2D eigenvalue weighted by atomic mass is 19.2. The van der Waals surface area contributed by atoms with Crippen molar-refractivity contribution in [1.29, 1.82) is 0 Å². The molecule has 0 aliphatic carbocycles. The van der Waals surface area contributed by atoms with E-state index in [-0.39, 0.29) is 12.1 Å². The minimum absolute atomic E-state index is 0.0342. The van der Waals surface area contributed by atoms with Gasteiger partial charge in [-0.25, -0.2) is 8.78 Å². The van der Waals surface area contributed by atoms with E-state index >= 15 is 0 Å². The lowest BCUT2D eigenvalue weighted by molar-refractivity contribution is 0.0378. The number of nitrogens with two attached hydrogens (primary N) is 1. The molecule has 1 rings (SSSR count). The SMILES string of the molecule is CCCC(OCC)C(N)Cc1ccc(F)c(F)c1. The van der Waals surface area contributed by atoms with Crippen LogP contribution in [0.5, 0.6) is 0 Å². The Hall–Kier alpha value is -1.00. The smallest absolute Gasteiger partial charge is 0.159 e. The van der Waals surface area contributed by atoms with Crippen LogP contribution < -0.4 is 5.73 Å². The molecule has 0 aromatic heterocycles. The average molecular weight is 257 g/mol. The lowest BCUT2D eigenvalue weighted by atomic mass is 9.99. The van der Waals surface area contributed by atoms with Gasteiger partial charge in [0.2, 0.25) is 0 Å². The van der Waals surface area contributed by atoms with E-state index in [0.29, 0.717) is 18.6 Å². The maximum Gasteiger partial charge on any atom is 0.159 e. The van der Waals surface area contributed by atoms with Crippen molar-refractivity contribution in [2.75, 3.05) is 6.61 Å². The highest BCUT2D eigenvalue weighted by molar-refractivity contribution is 5.19. The first kappa shape index (κ1) is 15.1. The van der Waals surface area contributed by atoms with Gasteiger partial charge in [0.05, 0.1) is 6.10 Å². The molecule has 2 N–H and O–H groups in total. The fourth-order valence-electron chi connectivity index (χ4n) is 1.99. The number of hydrogen-bond acceptors (Lipinski definition) is 2. The first-order valence-electron chi connectivity index (χ1n) is 6.39. The van der Waals surface area contributed by atoms with Crippen LogP contribution in [0.2, 0.25) is 0 Å². The molecule has 0 fully saturated rings. The second-order valence-electron chi connectivity index (χ2n) is 4.40. The minimum atomic E-state index is -0.831. The van der Waals surface area contributed by atoms with E-state index in [4.69, 9.17) is 10.5 Å². The normalized spacial score (nSPS) is 14.5. The maximum atomic E-state index is 13.1. The summed E-state index contributed by atoms with van der Waals surface area (Å²) in [7, 11) is 0. The fraction of sp³-hybridized carbons (Fsp3) is 0.571. The molecule has 18 heavy (non-hydrogen) atoms. The summed E-state index contributed by atoms with van der Waals surface area (Å²) in [5.74, 6) is -1.66. The first-order chi connectivity index (χ1) is 8.58. The van der Waals surface area contributed by atoms with Crippen molar-refractivity contribution in [2.45, 2.75) is 45.3 Å². The molecular formula is C14H21F2NO. The van der Waals surface area contributed by atoms with Crippen molar-refractivity contribution in [1.82, 2.24) is 0 Å². The molecule has 0 amide bonds. The van der Waals surface area contributed by atoms with Gasteiger partial charge in [-0.2, -0.15) is 0 Å². The van der Waals surface area contributed by atoms with Crippen LogP contribution in [-0.4, -0.2) is 18.8 Å². The molecule has 4 heteroatoms. The van der Waals surface area contributed by atoms with Crippen LogP contribution in [-0.2, 0) is 11.2 Å². The predicted octanol–water partition coefficient (Wildman–Crippen LogP) is 3.04. The van der Waals surface area contributed by atoms with Crippen molar-refractivity contribution < 1.29 is 13.5 Å². The summed E-state index contributed by atoms with van der Waals surface area (Å²) in [5, 5.41) is 0. The largest absolute Gasteiger partial charge is 0.377 e. The number of ether oxygens (including phenoxy) is 1. The summed E-state index contributed by atoms with van der Waals surface area (Å²) in [6.07, 6.45) is 2.31. The van der Waals surface area contributed by atoms with Gasteiger partial charge in [-0.1, -0.05) is 19.4 Å². The molecular weight excluding hydrogens is 236 g/mol. The molecule has 0 spiro atoms. The van der Waals surface area contributed by atoms with Crippen LogP contribution in [0, 0.1) is 11.6 Å². The molecule has 2 unspecified atom stereocenters. The molecule has 2 atom stereocenters. The molecule has 0 bridgehead atoms. The van der Waals surface area contributed by atoms with Gasteiger partial charge in [0, 0.05) is 12.6 Å². The van der Waals surface area contributed by atoms with E-state index < -0.39 is 11.6 Å². The number of halogens is 2. The zero-order chi connectivity index (χ0) is 13.5. The van der Waals surface area contributed by atoms with Crippen molar-refractivity contribution in [2.24, 2.45) is 5.73 Å². The third kappa shape index (κ3) is 4.35. The van der Waals surface area contributed by atoms with Crippen LogP contribution in [0.4, 0.5) is 8.78 Å². The van der Waals surface area contributed by atoms with Crippen LogP contribution in [0.1, 0.15) is 32.3 Å². The van der Waals surface area contributed by atoms with Crippen molar-refractivity contribution in [3.05, 3.63) is 35.4 Å². The Labute approximate surface area is 107 Å². The molecule has 0 radical (unpaired) electrons. The zero-order valence-electron chi connectivity index (χ0n) is 11.0. The lowest BCUT2D eigenvalue weighted by Crippen LogP contribution is -2.38. The van der Waals surface area contributed by atoms with Gasteiger partial charge in [-0.05, 0) is 37.5 Å². The Balaban J connectivity index is 2.66. The Morgan fingerprint density at radius 1 is 1.22 bits per heavy atom. The summed E-state index contributed by atoms with van der Waals surface area (Å²) in [5.41, 5.74) is 6.77. The standard InChI is InChI=1S/C14H21F2NO/c1-3-5-14(18-4-2)13(17)9-10-6-7-11(15)12(16)8-10/h6-8,13-14H,3-5,9,17H2,1-2H3. The number of benzene rings is 1. The van der Waals surface area contributed by atoms with Crippen molar-refractivity contribution in [3.8, 4) is 0 Å². The Bertz CT molecular complexity index is 365. The second-order valence-corrected chi connectivity index (χ2v) is 4.40. The Morgan fingerprint density at radius 2 is 1.94 bits per heavy atom. The summed E-state index contributed by atoms with van der Waals surface area (Å²) >= 11 is 0. The van der Waals surface area contributed by atoms with Gasteiger partial charge >= 0.3 is 0 Å². The molecule has 0 saturated carbocycles. The van der Waals surface area contributed by atoms with E-state index in [1.807, 2.05) is 6.92 Å². The van der Waals surface area contributed by atoms with E-state index in [1.165, 1.54) is 6.07 Å². The monoisotopic (exact) mass is 257 g/mol. The van der Waals surface area contributed by atoms with Crippen molar-refractivity contribution >= 4 is 0 Å². The molecule has 0 saturated heterocycles. The van der Waals surface area contributed by atoms with Crippen molar-refractivity contribution in [3.63, 3.8) is 0 Å². The van der Waals surface area contributed by atoms with E-state index in [0.717, 1.165) is 18.9 Å². The molecule has 0 aliphatic rings. The Kier molecular flexibility index (Phi) is 6.22. The maximum absolute atomic E-state index is 13.1. The van der Waals surface area contributed by atoms with E-state index in [2.05, 4.69) is 6.92 Å². The highest BCUT2D eigenvalue weighted by Crippen LogP contribution is 2.14. The third-order valence-corrected chi connectivity index (χ3v) is 2.89. The fourth-order valence-corrected chi connectivity index (χ4v) is 1.99. The predicted molar refractivity (Wildman–Crippen MR) is 68.4 cm³/mol. The van der Waals surface area contributed by atoms with Gasteiger partial charge in [-0.3, -0.25) is 0 Å². The molecule has 2 nitrogen and oxygen atoms in total. The molecule has 0 aliphatic heterocycles. The first-order valence-corrected chi connectivity index (χ1v) is 6.39. The zero-order valence-corrected chi connectivity index (χ0v) is 11.0. The van der Waals surface area contributed by atoms with Crippen LogP contribution in [0.15, 0.2) is 18.2 Å². The van der Waals surface area contributed by atoms with Crippen LogP contribution >= 0.6 is 0 Å². The van der Waals surface area contributed by atoms with E-state index in [1.54, 1.807) is 6.07 Å². The quantitative estimate of drug-likeness (QED) is 0.815. The average Bonchev–Trinajstić information content (AvgIpc) is 2.33. The second kappa shape index (κ2) is 7.44. The molecule has 0 heterocycles. The summed E-state index contributed by atoms with van der Waals surface area (Å²) in [4.78, 5) is 0. The van der Waals surface area contributed by atoms with Gasteiger partial charge in [0.15, 0.2) is 11.6 Å².